The topological polar surface area (TPSA) is 126 Å². The van der Waals surface area contributed by atoms with Crippen molar-refractivity contribution in [1.82, 2.24) is 14.9 Å². The molecule has 0 aliphatic carbocycles. The number of rotatable bonds is 7. The lowest BCUT2D eigenvalue weighted by Gasteiger charge is -2.33. The van der Waals surface area contributed by atoms with Crippen LogP contribution in [0.1, 0.15) is 50.9 Å². The summed E-state index contributed by atoms with van der Waals surface area (Å²) in [6.07, 6.45) is 4.56. The lowest BCUT2D eigenvalue weighted by Crippen LogP contribution is -2.42. The number of amides is 3. The Balaban J connectivity index is 1.26. The first-order chi connectivity index (χ1) is 19.4. The average Bonchev–Trinajstić information content (AvgIpc) is 2.91. The fourth-order valence-corrected chi connectivity index (χ4v) is 5.38. The third-order valence-electron chi connectivity index (χ3n) is 5.95. The molecule has 41 heavy (non-hydrogen) atoms. The molecule has 0 saturated carbocycles. The van der Waals surface area contributed by atoms with Gasteiger partial charge in [0.2, 0.25) is 11.9 Å². The van der Waals surface area contributed by atoms with Crippen molar-refractivity contribution in [3.63, 3.8) is 0 Å². The van der Waals surface area contributed by atoms with Gasteiger partial charge in [0.1, 0.15) is 5.60 Å². The maximum absolute atomic E-state index is 12.7. The highest BCUT2D eigenvalue weighted by Gasteiger charge is 2.27. The minimum Gasteiger partial charge on any atom is -0.444 e. The van der Waals surface area contributed by atoms with Crippen LogP contribution < -0.4 is 16.0 Å². The van der Waals surface area contributed by atoms with Gasteiger partial charge in [0.15, 0.2) is 0 Å². The summed E-state index contributed by atoms with van der Waals surface area (Å²) >= 11 is 7.98. The Hall–Kier alpha value is -3.83. The monoisotopic (exact) mass is 596 g/mol. The summed E-state index contributed by atoms with van der Waals surface area (Å²) in [5, 5.41) is 9.18. The van der Waals surface area contributed by atoms with E-state index in [1.54, 1.807) is 17.0 Å². The van der Waals surface area contributed by atoms with Crippen molar-refractivity contribution in [3.05, 3.63) is 65.4 Å². The quantitative estimate of drug-likeness (QED) is 0.279. The van der Waals surface area contributed by atoms with Crippen LogP contribution >= 0.6 is 23.4 Å². The number of aromatic nitrogens is 2. The molecule has 3 amide bonds. The molecule has 0 atom stereocenters. The largest absolute Gasteiger partial charge is 0.444 e. The first kappa shape index (κ1) is 30.1. The number of hydrogen-bond acceptors (Lipinski definition) is 8. The molecule has 1 saturated heterocycles. The van der Waals surface area contributed by atoms with Crippen LogP contribution in [0.3, 0.4) is 0 Å². The van der Waals surface area contributed by atoms with E-state index >= 15 is 0 Å². The number of likely N-dealkylation sites (tertiary alicyclic amines) is 1. The Labute approximate surface area is 248 Å². The highest BCUT2D eigenvalue weighted by Crippen LogP contribution is 2.32. The van der Waals surface area contributed by atoms with Gasteiger partial charge in [-0.1, -0.05) is 11.6 Å². The SMILES string of the molecule is CC(=O)Nc1ccc(Cl)c(C(=O)Nc2cnc(Nc3ccc(SC4CCN(C(=O)OC(C)(C)C)CC4)cc3)nc2)c1. The molecule has 0 unspecified atom stereocenters. The van der Waals surface area contributed by atoms with Gasteiger partial charge in [-0.3, -0.25) is 9.59 Å². The van der Waals surface area contributed by atoms with Gasteiger partial charge in [0, 0.05) is 41.5 Å². The lowest BCUT2D eigenvalue weighted by atomic mass is 10.1. The van der Waals surface area contributed by atoms with Crippen molar-refractivity contribution in [3.8, 4) is 0 Å². The summed E-state index contributed by atoms with van der Waals surface area (Å²) in [6.45, 7) is 8.40. The molecule has 1 aliphatic heterocycles. The molecule has 1 aromatic heterocycles. The van der Waals surface area contributed by atoms with Crippen LogP contribution in [0.2, 0.25) is 5.02 Å². The second-order valence-corrected chi connectivity index (χ2v) is 12.3. The molecular formula is C29H33ClN6O4S. The number of thioether (sulfide) groups is 1. The number of hydrogen-bond donors (Lipinski definition) is 3. The van der Waals surface area contributed by atoms with E-state index in [4.69, 9.17) is 16.3 Å². The number of nitrogens with one attached hydrogen (secondary N) is 3. The standard InChI is InChI=1S/C29H33ClN6O4S/c1-18(37)33-20-7-10-25(30)24(15-20)26(38)34-21-16-31-27(32-17-21)35-19-5-8-22(9-6-19)41-23-11-13-36(14-12-23)28(39)40-29(2,3)4/h5-10,15-17,23H,11-14H2,1-4H3,(H,33,37)(H,34,38)(H,31,32,35). The summed E-state index contributed by atoms with van der Waals surface area (Å²) in [5.41, 5.74) is 1.42. The van der Waals surface area contributed by atoms with Gasteiger partial charge < -0.3 is 25.6 Å². The van der Waals surface area contributed by atoms with E-state index in [1.165, 1.54) is 25.4 Å². The molecule has 1 fully saturated rings. The number of carbonyl (C=O) groups excluding carboxylic acids is 3. The zero-order chi connectivity index (χ0) is 29.6. The Morgan fingerprint density at radius 1 is 0.951 bits per heavy atom. The maximum atomic E-state index is 12.7. The predicted octanol–water partition coefficient (Wildman–Crippen LogP) is 6.58. The summed E-state index contributed by atoms with van der Waals surface area (Å²) in [6, 6.07) is 12.7. The number of piperidine rings is 1. The summed E-state index contributed by atoms with van der Waals surface area (Å²) in [5.74, 6) is -0.320. The van der Waals surface area contributed by atoms with Crippen LogP contribution in [0.4, 0.5) is 27.8 Å². The van der Waals surface area contributed by atoms with Crippen molar-refractivity contribution in [2.75, 3.05) is 29.0 Å². The van der Waals surface area contributed by atoms with Crippen molar-refractivity contribution in [1.29, 1.82) is 0 Å². The first-order valence-corrected chi connectivity index (χ1v) is 14.4. The zero-order valence-electron chi connectivity index (χ0n) is 23.4. The maximum Gasteiger partial charge on any atom is 0.410 e. The van der Waals surface area contributed by atoms with E-state index in [1.807, 2.05) is 56.8 Å². The second kappa shape index (κ2) is 13.2. The minimum atomic E-state index is -0.486. The molecule has 12 heteroatoms. The number of ether oxygens (including phenoxy) is 1. The molecule has 0 radical (unpaired) electrons. The minimum absolute atomic E-state index is 0.215. The second-order valence-electron chi connectivity index (χ2n) is 10.6. The molecule has 0 bridgehead atoms. The molecule has 1 aliphatic rings. The highest BCUT2D eigenvalue weighted by atomic mass is 35.5. The van der Waals surface area contributed by atoms with Gasteiger partial charge in [-0.05, 0) is 76.1 Å². The van der Waals surface area contributed by atoms with Crippen molar-refractivity contribution in [2.24, 2.45) is 0 Å². The molecule has 3 N–H and O–H groups in total. The lowest BCUT2D eigenvalue weighted by molar-refractivity contribution is -0.114. The molecule has 3 aromatic rings. The van der Waals surface area contributed by atoms with E-state index in [-0.39, 0.29) is 22.6 Å². The number of anilines is 4. The number of carbonyl (C=O) groups is 3. The molecule has 2 heterocycles. The summed E-state index contributed by atoms with van der Waals surface area (Å²) in [4.78, 5) is 47.8. The van der Waals surface area contributed by atoms with Gasteiger partial charge in [-0.15, -0.1) is 11.8 Å². The fourth-order valence-electron chi connectivity index (χ4n) is 4.06. The third kappa shape index (κ3) is 9.09. The molecular weight excluding hydrogens is 564 g/mol. The molecule has 2 aromatic carbocycles. The van der Waals surface area contributed by atoms with Gasteiger partial charge in [-0.25, -0.2) is 14.8 Å². The highest BCUT2D eigenvalue weighted by molar-refractivity contribution is 8.00. The van der Waals surface area contributed by atoms with Crippen LogP contribution in [-0.2, 0) is 9.53 Å². The van der Waals surface area contributed by atoms with Crippen LogP contribution in [0.5, 0.6) is 0 Å². The smallest absolute Gasteiger partial charge is 0.410 e. The number of nitrogens with zero attached hydrogens (tertiary/aromatic N) is 3. The van der Waals surface area contributed by atoms with Gasteiger partial charge in [0.25, 0.3) is 5.91 Å². The van der Waals surface area contributed by atoms with Crippen LogP contribution in [0.15, 0.2) is 59.8 Å². The van der Waals surface area contributed by atoms with E-state index in [0.29, 0.717) is 35.7 Å². The first-order valence-electron chi connectivity index (χ1n) is 13.2. The van der Waals surface area contributed by atoms with E-state index in [0.717, 1.165) is 23.4 Å². The predicted molar refractivity (Wildman–Crippen MR) is 162 cm³/mol. The molecule has 10 nitrogen and oxygen atoms in total. The van der Waals surface area contributed by atoms with Crippen molar-refractivity contribution >= 4 is 64.3 Å². The summed E-state index contributed by atoms with van der Waals surface area (Å²) in [7, 11) is 0. The van der Waals surface area contributed by atoms with Gasteiger partial charge in [0.05, 0.1) is 28.7 Å². The third-order valence-corrected chi connectivity index (χ3v) is 7.63. The normalized spacial score (nSPS) is 13.8. The molecule has 216 valence electrons. The van der Waals surface area contributed by atoms with E-state index < -0.39 is 11.5 Å². The Morgan fingerprint density at radius 2 is 1.59 bits per heavy atom. The fraction of sp³-hybridized carbons (Fsp3) is 0.345. The van der Waals surface area contributed by atoms with Crippen LogP contribution in [0, 0.1) is 0 Å². The van der Waals surface area contributed by atoms with Crippen molar-refractivity contribution in [2.45, 2.75) is 56.3 Å². The molecule has 0 spiro atoms. The molecule has 4 rings (SSSR count). The van der Waals surface area contributed by atoms with E-state index in [9.17, 15) is 14.4 Å². The average molecular weight is 597 g/mol. The van der Waals surface area contributed by atoms with Crippen molar-refractivity contribution < 1.29 is 19.1 Å². The van der Waals surface area contributed by atoms with E-state index in [2.05, 4.69) is 25.9 Å². The van der Waals surface area contributed by atoms with Gasteiger partial charge >= 0.3 is 6.09 Å². The van der Waals surface area contributed by atoms with Gasteiger partial charge in [-0.2, -0.15) is 0 Å². The zero-order valence-corrected chi connectivity index (χ0v) is 24.9. The Bertz CT molecular complexity index is 1390. The van der Waals surface area contributed by atoms with Crippen LogP contribution in [0.25, 0.3) is 0 Å². The Morgan fingerprint density at radius 3 is 2.20 bits per heavy atom. The Kier molecular flexibility index (Phi) is 9.72. The number of benzene rings is 2. The summed E-state index contributed by atoms with van der Waals surface area (Å²) < 4.78 is 5.48. The number of halogens is 1. The van der Waals surface area contributed by atoms with Crippen LogP contribution in [-0.4, -0.2) is 56.7 Å².